The van der Waals surface area contributed by atoms with Crippen LogP contribution in [-0.4, -0.2) is 30.5 Å². The molecule has 0 aliphatic carbocycles. The summed E-state index contributed by atoms with van der Waals surface area (Å²) in [5.41, 5.74) is 1.20. The Hall–Kier alpha value is -2.49. The summed E-state index contributed by atoms with van der Waals surface area (Å²) in [5.74, 6) is 3.39. The second-order valence-corrected chi connectivity index (χ2v) is 7.42. The average Bonchev–Trinajstić information content (AvgIpc) is 2.62. The highest BCUT2D eigenvalue weighted by atomic mass is 16.5. The first-order chi connectivity index (χ1) is 12.5. The van der Waals surface area contributed by atoms with Crippen molar-refractivity contribution in [1.82, 2.24) is 4.90 Å². The number of likely N-dealkylation sites (tertiary alicyclic amines) is 1. The molecule has 0 radical (unpaired) electrons. The molecule has 1 aliphatic rings. The Labute approximate surface area is 155 Å². The third kappa shape index (κ3) is 5.01. The van der Waals surface area contributed by atoms with Crippen LogP contribution in [0.3, 0.4) is 0 Å². The molecule has 1 heterocycles. The van der Waals surface area contributed by atoms with E-state index in [-0.39, 0.29) is 12.5 Å². The van der Waals surface area contributed by atoms with E-state index >= 15 is 0 Å². The molecule has 2 aromatic carbocycles. The van der Waals surface area contributed by atoms with Gasteiger partial charge in [-0.15, -0.1) is 0 Å². The summed E-state index contributed by atoms with van der Waals surface area (Å²) in [6.07, 6.45) is 1.19. The van der Waals surface area contributed by atoms with E-state index in [1.54, 1.807) is 0 Å². The lowest BCUT2D eigenvalue weighted by Gasteiger charge is -2.34. The maximum absolute atomic E-state index is 12.4. The number of benzene rings is 2. The molecule has 0 unspecified atom stereocenters. The van der Waals surface area contributed by atoms with E-state index in [0.29, 0.717) is 17.6 Å². The Kier molecular flexibility index (Phi) is 5.82. The van der Waals surface area contributed by atoms with Crippen LogP contribution in [0.5, 0.6) is 17.2 Å². The van der Waals surface area contributed by atoms with Gasteiger partial charge in [0.1, 0.15) is 17.2 Å². The smallest absolute Gasteiger partial charge is 0.260 e. The summed E-state index contributed by atoms with van der Waals surface area (Å²) < 4.78 is 11.5. The molecule has 0 aromatic heterocycles. The number of piperidine rings is 1. The first-order valence-corrected chi connectivity index (χ1v) is 9.25. The van der Waals surface area contributed by atoms with E-state index in [1.807, 2.05) is 60.4 Å². The number of amides is 1. The van der Waals surface area contributed by atoms with Crippen LogP contribution in [0.15, 0.2) is 48.5 Å². The van der Waals surface area contributed by atoms with Crippen LogP contribution >= 0.6 is 0 Å². The van der Waals surface area contributed by atoms with Gasteiger partial charge in [0.05, 0.1) is 0 Å². The van der Waals surface area contributed by atoms with Gasteiger partial charge in [-0.2, -0.15) is 0 Å². The SMILES string of the molecule is Cc1ccc(Oc2ccc(OCC(=O)N3C[C@@H](C)C[C@H](C)C3)cc2)cc1. The Morgan fingerprint density at radius 3 is 2.00 bits per heavy atom. The number of aryl methyl sites for hydroxylation is 1. The van der Waals surface area contributed by atoms with Crippen LogP contribution in [0.25, 0.3) is 0 Å². The molecule has 0 bridgehead atoms. The minimum Gasteiger partial charge on any atom is -0.484 e. The molecule has 3 rings (SSSR count). The van der Waals surface area contributed by atoms with Crippen LogP contribution in [0, 0.1) is 18.8 Å². The van der Waals surface area contributed by atoms with Gasteiger partial charge >= 0.3 is 0 Å². The predicted octanol–water partition coefficient (Wildman–Crippen LogP) is 4.67. The molecule has 1 saturated heterocycles. The van der Waals surface area contributed by atoms with Gasteiger partial charge in [0.25, 0.3) is 5.91 Å². The zero-order valence-electron chi connectivity index (χ0n) is 15.8. The number of carbonyl (C=O) groups excluding carboxylic acids is 1. The maximum atomic E-state index is 12.4. The van der Waals surface area contributed by atoms with Crippen molar-refractivity contribution in [3.05, 3.63) is 54.1 Å². The van der Waals surface area contributed by atoms with Crippen molar-refractivity contribution < 1.29 is 14.3 Å². The molecule has 1 aliphatic heterocycles. The van der Waals surface area contributed by atoms with E-state index in [4.69, 9.17) is 9.47 Å². The van der Waals surface area contributed by atoms with E-state index in [2.05, 4.69) is 13.8 Å². The number of ether oxygens (including phenoxy) is 2. The first kappa shape index (κ1) is 18.3. The monoisotopic (exact) mass is 353 g/mol. The fourth-order valence-electron chi connectivity index (χ4n) is 3.45. The number of carbonyl (C=O) groups is 1. The molecular weight excluding hydrogens is 326 g/mol. The molecule has 4 nitrogen and oxygen atoms in total. The third-order valence-electron chi connectivity index (χ3n) is 4.66. The largest absolute Gasteiger partial charge is 0.484 e. The quantitative estimate of drug-likeness (QED) is 0.784. The predicted molar refractivity (Wildman–Crippen MR) is 103 cm³/mol. The lowest BCUT2D eigenvalue weighted by molar-refractivity contribution is -0.136. The lowest BCUT2D eigenvalue weighted by atomic mass is 9.92. The fraction of sp³-hybridized carbons (Fsp3) is 0.409. The van der Waals surface area contributed by atoms with Gasteiger partial charge in [-0.3, -0.25) is 4.79 Å². The van der Waals surface area contributed by atoms with E-state index in [1.165, 1.54) is 12.0 Å². The van der Waals surface area contributed by atoms with Gasteiger partial charge in [-0.1, -0.05) is 31.5 Å². The third-order valence-corrected chi connectivity index (χ3v) is 4.66. The number of rotatable bonds is 5. The van der Waals surface area contributed by atoms with Crippen molar-refractivity contribution in [1.29, 1.82) is 0 Å². The van der Waals surface area contributed by atoms with Gasteiger partial charge in [-0.25, -0.2) is 0 Å². The summed E-state index contributed by atoms with van der Waals surface area (Å²) >= 11 is 0. The molecule has 4 heteroatoms. The Morgan fingerprint density at radius 1 is 0.923 bits per heavy atom. The van der Waals surface area contributed by atoms with Gasteiger partial charge < -0.3 is 14.4 Å². The van der Waals surface area contributed by atoms with Gasteiger partial charge in [0, 0.05) is 13.1 Å². The molecule has 0 saturated carbocycles. The topological polar surface area (TPSA) is 38.8 Å². The molecule has 1 amide bonds. The van der Waals surface area contributed by atoms with Crippen molar-refractivity contribution in [2.24, 2.45) is 11.8 Å². The van der Waals surface area contributed by atoms with Crippen LogP contribution in [0.4, 0.5) is 0 Å². The molecular formula is C22H27NO3. The van der Waals surface area contributed by atoms with Gasteiger partial charge in [0.15, 0.2) is 6.61 Å². The molecule has 26 heavy (non-hydrogen) atoms. The van der Waals surface area contributed by atoms with Crippen molar-refractivity contribution in [3.8, 4) is 17.2 Å². The van der Waals surface area contributed by atoms with Gasteiger partial charge in [-0.05, 0) is 61.6 Å². The first-order valence-electron chi connectivity index (χ1n) is 9.25. The highest BCUT2D eigenvalue weighted by Crippen LogP contribution is 2.24. The Balaban J connectivity index is 1.51. The zero-order valence-corrected chi connectivity index (χ0v) is 15.8. The lowest BCUT2D eigenvalue weighted by Crippen LogP contribution is -2.44. The second-order valence-electron chi connectivity index (χ2n) is 7.42. The molecule has 1 fully saturated rings. The van der Waals surface area contributed by atoms with Crippen molar-refractivity contribution in [2.45, 2.75) is 27.2 Å². The molecule has 0 N–H and O–H groups in total. The summed E-state index contributed by atoms with van der Waals surface area (Å²) in [4.78, 5) is 14.3. The molecule has 0 spiro atoms. The molecule has 2 aromatic rings. The standard InChI is InChI=1S/C22H27NO3/c1-16-4-6-20(7-5-16)26-21-10-8-19(9-11-21)25-15-22(24)23-13-17(2)12-18(3)14-23/h4-11,17-18H,12-15H2,1-3H3/t17-,18-/m0/s1. The highest BCUT2D eigenvalue weighted by molar-refractivity contribution is 5.77. The number of hydrogen-bond donors (Lipinski definition) is 0. The molecule has 138 valence electrons. The summed E-state index contributed by atoms with van der Waals surface area (Å²) in [7, 11) is 0. The van der Waals surface area contributed by atoms with Crippen LogP contribution < -0.4 is 9.47 Å². The van der Waals surface area contributed by atoms with Crippen LogP contribution in [0.1, 0.15) is 25.8 Å². The van der Waals surface area contributed by atoms with Gasteiger partial charge in [0.2, 0.25) is 0 Å². The minimum atomic E-state index is 0.0587. The van der Waals surface area contributed by atoms with Crippen molar-refractivity contribution >= 4 is 5.91 Å². The highest BCUT2D eigenvalue weighted by Gasteiger charge is 2.25. The fourth-order valence-corrected chi connectivity index (χ4v) is 3.45. The van der Waals surface area contributed by atoms with E-state index in [9.17, 15) is 4.79 Å². The van der Waals surface area contributed by atoms with E-state index in [0.717, 1.165) is 24.6 Å². The minimum absolute atomic E-state index is 0.0587. The summed E-state index contributed by atoms with van der Waals surface area (Å²) in [6.45, 7) is 8.18. The van der Waals surface area contributed by atoms with Crippen molar-refractivity contribution in [2.75, 3.05) is 19.7 Å². The maximum Gasteiger partial charge on any atom is 0.260 e. The second kappa shape index (κ2) is 8.26. The average molecular weight is 353 g/mol. The number of nitrogens with zero attached hydrogens (tertiary/aromatic N) is 1. The summed E-state index contributed by atoms with van der Waals surface area (Å²) in [6, 6.07) is 15.3. The van der Waals surface area contributed by atoms with Crippen LogP contribution in [-0.2, 0) is 4.79 Å². The Bertz CT molecular complexity index is 714. The van der Waals surface area contributed by atoms with E-state index < -0.39 is 0 Å². The van der Waals surface area contributed by atoms with Crippen molar-refractivity contribution in [3.63, 3.8) is 0 Å². The Morgan fingerprint density at radius 2 is 1.42 bits per heavy atom. The van der Waals surface area contributed by atoms with Crippen LogP contribution in [0.2, 0.25) is 0 Å². The number of hydrogen-bond acceptors (Lipinski definition) is 3. The zero-order chi connectivity index (χ0) is 18.5. The summed E-state index contributed by atoms with van der Waals surface area (Å²) in [5, 5.41) is 0. The normalized spacial score (nSPS) is 19.9. The molecule has 2 atom stereocenters.